The molecule has 112 valence electrons. The average molecular weight is 282 g/mol. The summed E-state index contributed by atoms with van der Waals surface area (Å²) in [4.78, 5) is 27.2. The van der Waals surface area contributed by atoms with Gasteiger partial charge in [-0.05, 0) is 6.42 Å². The molecule has 1 rings (SSSR count). The highest BCUT2D eigenvalue weighted by Crippen LogP contribution is 2.15. The Balaban J connectivity index is 3.09. The van der Waals surface area contributed by atoms with Crippen molar-refractivity contribution in [2.75, 3.05) is 42.4 Å². The van der Waals surface area contributed by atoms with Crippen LogP contribution in [0.5, 0.6) is 0 Å². The van der Waals surface area contributed by atoms with Gasteiger partial charge in [0.05, 0.1) is 6.54 Å². The molecule has 0 radical (unpaired) electrons. The van der Waals surface area contributed by atoms with Gasteiger partial charge in [-0.2, -0.15) is 15.0 Å². The van der Waals surface area contributed by atoms with E-state index in [4.69, 9.17) is 11.6 Å². The normalized spacial score (nSPS) is 10.2. The van der Waals surface area contributed by atoms with Crippen molar-refractivity contribution in [3.8, 4) is 0 Å². The molecule has 0 spiro atoms. The minimum atomic E-state index is -0.435. The predicted molar refractivity (Wildman–Crippen MR) is 78.3 cm³/mol. The molecular weight excluding hydrogens is 260 g/mol. The van der Waals surface area contributed by atoms with Crippen molar-refractivity contribution < 1.29 is 4.79 Å². The van der Waals surface area contributed by atoms with Gasteiger partial charge < -0.3 is 15.5 Å². The number of amides is 1. The molecular formula is C11H22N8O. The molecule has 1 aromatic rings. The quantitative estimate of drug-likeness (QED) is 0.422. The van der Waals surface area contributed by atoms with Gasteiger partial charge in [0, 0.05) is 20.6 Å². The number of nitrogen functional groups attached to an aromatic ring is 1. The maximum Gasteiger partial charge on any atom is 0.243 e. The molecule has 20 heavy (non-hydrogen) atoms. The Kier molecular flexibility index (Phi) is 5.91. The standard InChI is InChI=1S/C11H22N8O/c1-4-5-6-19(7-8(12)20)11-15-9(17-13)14-10(16-11)18(2)3/h4-7,13H2,1-3H3,(H2,12,20)(H,14,15,16,17). The Bertz CT molecular complexity index is 450. The third-order valence-electron chi connectivity index (χ3n) is 2.55. The molecule has 0 aliphatic carbocycles. The number of rotatable bonds is 8. The van der Waals surface area contributed by atoms with E-state index in [-0.39, 0.29) is 12.5 Å². The van der Waals surface area contributed by atoms with Gasteiger partial charge in [-0.15, -0.1) is 0 Å². The molecule has 0 saturated heterocycles. The van der Waals surface area contributed by atoms with Crippen LogP contribution in [0.4, 0.5) is 17.8 Å². The first-order chi connectivity index (χ1) is 9.47. The monoisotopic (exact) mass is 282 g/mol. The van der Waals surface area contributed by atoms with Crippen molar-refractivity contribution in [3.05, 3.63) is 0 Å². The fraction of sp³-hybridized carbons (Fsp3) is 0.636. The van der Waals surface area contributed by atoms with E-state index in [2.05, 4.69) is 27.3 Å². The molecule has 0 aliphatic heterocycles. The number of hydrogen-bond acceptors (Lipinski definition) is 8. The van der Waals surface area contributed by atoms with Crippen molar-refractivity contribution in [3.63, 3.8) is 0 Å². The second-order valence-corrected chi connectivity index (χ2v) is 4.54. The number of anilines is 3. The van der Waals surface area contributed by atoms with E-state index in [0.29, 0.717) is 18.4 Å². The number of nitrogens with one attached hydrogen (secondary N) is 1. The van der Waals surface area contributed by atoms with Crippen LogP contribution in [0.1, 0.15) is 19.8 Å². The maximum absolute atomic E-state index is 11.2. The van der Waals surface area contributed by atoms with Crippen molar-refractivity contribution in [2.24, 2.45) is 11.6 Å². The largest absolute Gasteiger partial charge is 0.368 e. The van der Waals surface area contributed by atoms with Crippen LogP contribution in [0.2, 0.25) is 0 Å². The summed E-state index contributed by atoms with van der Waals surface area (Å²) in [7, 11) is 3.62. The van der Waals surface area contributed by atoms with Gasteiger partial charge in [0.25, 0.3) is 0 Å². The summed E-state index contributed by atoms with van der Waals surface area (Å²) in [5, 5.41) is 0. The van der Waals surface area contributed by atoms with Crippen molar-refractivity contribution in [2.45, 2.75) is 19.8 Å². The Hall–Kier alpha value is -2.16. The lowest BCUT2D eigenvalue weighted by molar-refractivity contribution is -0.116. The Morgan fingerprint density at radius 1 is 1.25 bits per heavy atom. The molecule has 9 heteroatoms. The first kappa shape index (κ1) is 15.9. The van der Waals surface area contributed by atoms with E-state index in [9.17, 15) is 4.79 Å². The number of primary amides is 1. The number of nitrogens with zero attached hydrogens (tertiary/aromatic N) is 5. The number of nitrogens with two attached hydrogens (primary N) is 2. The van der Waals surface area contributed by atoms with Crippen LogP contribution in [0, 0.1) is 0 Å². The lowest BCUT2D eigenvalue weighted by Gasteiger charge is -2.22. The van der Waals surface area contributed by atoms with Gasteiger partial charge >= 0.3 is 0 Å². The summed E-state index contributed by atoms with van der Waals surface area (Å²) in [5.74, 6) is 5.99. The smallest absolute Gasteiger partial charge is 0.243 e. The zero-order valence-electron chi connectivity index (χ0n) is 12.1. The molecule has 0 atom stereocenters. The van der Waals surface area contributed by atoms with E-state index >= 15 is 0 Å². The maximum atomic E-state index is 11.2. The van der Waals surface area contributed by atoms with E-state index in [1.807, 2.05) is 14.1 Å². The van der Waals surface area contributed by atoms with Crippen LogP contribution in [0.15, 0.2) is 0 Å². The zero-order valence-corrected chi connectivity index (χ0v) is 12.1. The second kappa shape index (κ2) is 7.43. The summed E-state index contributed by atoms with van der Waals surface area (Å²) in [5.41, 5.74) is 7.66. The fourth-order valence-electron chi connectivity index (χ4n) is 1.55. The van der Waals surface area contributed by atoms with Gasteiger partial charge in [-0.1, -0.05) is 13.3 Å². The van der Waals surface area contributed by atoms with Crippen LogP contribution >= 0.6 is 0 Å². The summed E-state index contributed by atoms with van der Waals surface area (Å²) in [6, 6.07) is 0. The van der Waals surface area contributed by atoms with Crippen LogP contribution in [-0.2, 0) is 4.79 Å². The summed E-state index contributed by atoms with van der Waals surface area (Å²) in [6.45, 7) is 2.76. The predicted octanol–water partition coefficient (Wildman–Crippen LogP) is -0.685. The highest BCUT2D eigenvalue weighted by molar-refractivity contribution is 5.78. The Morgan fingerprint density at radius 3 is 2.40 bits per heavy atom. The molecule has 9 nitrogen and oxygen atoms in total. The number of hydrogen-bond donors (Lipinski definition) is 3. The van der Waals surface area contributed by atoms with E-state index < -0.39 is 5.91 Å². The third-order valence-corrected chi connectivity index (χ3v) is 2.55. The first-order valence-corrected chi connectivity index (χ1v) is 6.41. The minimum Gasteiger partial charge on any atom is -0.368 e. The lowest BCUT2D eigenvalue weighted by Crippen LogP contribution is -2.36. The molecule has 0 aliphatic rings. The van der Waals surface area contributed by atoms with Gasteiger partial charge in [0.2, 0.25) is 23.8 Å². The third kappa shape index (κ3) is 4.50. The zero-order chi connectivity index (χ0) is 15.1. The fourth-order valence-corrected chi connectivity index (χ4v) is 1.55. The van der Waals surface area contributed by atoms with Gasteiger partial charge in [0.15, 0.2) is 0 Å². The molecule has 5 N–H and O–H groups in total. The van der Waals surface area contributed by atoms with E-state index in [0.717, 1.165) is 12.8 Å². The molecule has 1 heterocycles. The average Bonchev–Trinajstić information content (AvgIpc) is 2.42. The SMILES string of the molecule is CCCCN(CC(N)=O)c1nc(NN)nc(N(C)C)n1. The van der Waals surface area contributed by atoms with E-state index in [1.54, 1.807) is 9.80 Å². The van der Waals surface area contributed by atoms with Crippen LogP contribution in [0.25, 0.3) is 0 Å². The second-order valence-electron chi connectivity index (χ2n) is 4.54. The highest BCUT2D eigenvalue weighted by Gasteiger charge is 2.15. The molecule has 1 amide bonds. The van der Waals surface area contributed by atoms with Gasteiger partial charge in [-0.25, -0.2) is 5.84 Å². The van der Waals surface area contributed by atoms with Gasteiger partial charge in [-0.3, -0.25) is 10.2 Å². The molecule has 0 aromatic carbocycles. The number of hydrazine groups is 1. The summed E-state index contributed by atoms with van der Waals surface area (Å²) >= 11 is 0. The summed E-state index contributed by atoms with van der Waals surface area (Å²) < 4.78 is 0. The highest BCUT2D eigenvalue weighted by atomic mass is 16.1. The van der Waals surface area contributed by atoms with Crippen LogP contribution in [0.3, 0.4) is 0 Å². The Labute approximate surface area is 118 Å². The van der Waals surface area contributed by atoms with Gasteiger partial charge in [0.1, 0.15) is 0 Å². The first-order valence-electron chi connectivity index (χ1n) is 6.41. The number of carbonyl (C=O) groups is 1. The van der Waals surface area contributed by atoms with E-state index in [1.165, 1.54) is 0 Å². The van der Waals surface area contributed by atoms with Crippen molar-refractivity contribution in [1.82, 2.24) is 15.0 Å². The molecule has 0 fully saturated rings. The van der Waals surface area contributed by atoms with Crippen LogP contribution in [-0.4, -0.2) is 48.0 Å². The minimum absolute atomic E-state index is 0.0564. The topological polar surface area (TPSA) is 126 Å². The molecule has 1 aromatic heterocycles. The summed E-state index contributed by atoms with van der Waals surface area (Å²) in [6.07, 6.45) is 1.89. The lowest BCUT2D eigenvalue weighted by atomic mass is 10.3. The number of aromatic nitrogens is 3. The molecule has 0 bridgehead atoms. The number of carbonyl (C=O) groups excluding carboxylic acids is 1. The molecule has 0 unspecified atom stereocenters. The van der Waals surface area contributed by atoms with Crippen molar-refractivity contribution >= 4 is 23.8 Å². The number of unbranched alkanes of at least 4 members (excludes halogenated alkanes) is 1. The van der Waals surface area contributed by atoms with Crippen molar-refractivity contribution in [1.29, 1.82) is 0 Å². The van der Waals surface area contributed by atoms with Crippen LogP contribution < -0.4 is 26.8 Å². The molecule has 0 saturated carbocycles. The Morgan fingerprint density at radius 2 is 1.90 bits per heavy atom.